The van der Waals surface area contributed by atoms with Crippen LogP contribution in [0.2, 0.25) is 26.2 Å². The Morgan fingerprint density at radius 1 is 0.667 bits per heavy atom. The Bertz CT molecular complexity index is 388. The molecule has 2 unspecified atom stereocenters. The smallest absolute Gasteiger partial charge is 0.103 e. The van der Waals surface area contributed by atoms with E-state index in [0.29, 0.717) is 0 Å². The Balaban J connectivity index is 5.16. The van der Waals surface area contributed by atoms with E-state index in [1.807, 2.05) is 0 Å². The minimum Gasteiger partial charge on any atom is -0.358 e. The molecule has 0 N–H and O–H groups in total. The summed E-state index contributed by atoms with van der Waals surface area (Å²) < 4.78 is 6.34. The molecule has 0 heterocycles. The van der Waals surface area contributed by atoms with Gasteiger partial charge < -0.3 is 4.74 Å². The van der Waals surface area contributed by atoms with Gasteiger partial charge in [0.1, 0.15) is 11.5 Å². The lowest BCUT2D eigenvalue weighted by atomic mass is 9.98. The summed E-state index contributed by atoms with van der Waals surface area (Å²) in [5.41, 5.74) is 0.288. The molecule has 0 bridgehead atoms. The lowest BCUT2D eigenvalue weighted by Crippen LogP contribution is -2.37. The van der Waals surface area contributed by atoms with E-state index in [9.17, 15) is 0 Å². The molecule has 0 aromatic rings. The van der Waals surface area contributed by atoms with Gasteiger partial charge in [-0.15, -0.1) is 0 Å². The molecule has 120 valence electrons. The molecule has 1 nitrogen and oxygen atoms in total. The molecule has 0 rings (SSSR count). The van der Waals surface area contributed by atoms with Gasteiger partial charge in [-0.1, -0.05) is 49.9 Å². The van der Waals surface area contributed by atoms with Gasteiger partial charge in [0.25, 0.3) is 0 Å². The summed E-state index contributed by atoms with van der Waals surface area (Å²) in [4.78, 5) is 0. The monoisotopic (exact) mass is 322 g/mol. The topological polar surface area (TPSA) is 9.23 Å². The zero-order chi connectivity index (χ0) is 16.8. The van der Waals surface area contributed by atoms with Crippen LogP contribution in [0, 0.1) is 34.5 Å². The maximum Gasteiger partial charge on any atom is 0.103 e. The number of hydrogen-bond acceptors (Lipinski definition) is 1. The molecule has 2 atom stereocenters. The first-order valence-electron chi connectivity index (χ1n) is 8.02. The summed E-state index contributed by atoms with van der Waals surface area (Å²) >= 11 is 0. The third-order valence-corrected chi connectivity index (χ3v) is 5.75. The molecule has 0 radical (unpaired) electrons. The fourth-order valence-electron chi connectivity index (χ4n) is 1.45. The molecule has 0 saturated carbocycles. The van der Waals surface area contributed by atoms with E-state index < -0.39 is 17.6 Å². The highest BCUT2D eigenvalue weighted by Gasteiger charge is 2.21. The van der Waals surface area contributed by atoms with Gasteiger partial charge in [0.15, 0.2) is 0 Å². The minimum absolute atomic E-state index is 0.0345. The summed E-state index contributed by atoms with van der Waals surface area (Å²) in [6.07, 6.45) is 0. The standard InChI is InChI=1S/C18H34OSi2/c1-17(2,3)13-11-15(20(7)8)19-16(21(9)10)12-14-18(4,5)6/h15-16,20-21H,1-10H3. The Morgan fingerprint density at radius 3 is 1.14 bits per heavy atom. The van der Waals surface area contributed by atoms with E-state index in [4.69, 9.17) is 4.74 Å². The van der Waals surface area contributed by atoms with Crippen LogP contribution in [0.25, 0.3) is 0 Å². The van der Waals surface area contributed by atoms with Crippen LogP contribution in [-0.2, 0) is 4.74 Å². The van der Waals surface area contributed by atoms with Crippen molar-refractivity contribution in [2.75, 3.05) is 0 Å². The summed E-state index contributed by atoms with van der Waals surface area (Å²) in [7, 11) is -1.96. The van der Waals surface area contributed by atoms with Crippen LogP contribution < -0.4 is 0 Å². The third-order valence-electron chi connectivity index (χ3n) is 2.68. The first-order chi connectivity index (χ1) is 9.32. The SMILES string of the molecule is C[SiH](C)C(C#CC(C)(C)C)OC(C#CC(C)(C)C)[SiH](C)C. The van der Waals surface area contributed by atoms with E-state index in [1.54, 1.807) is 0 Å². The highest BCUT2D eigenvalue weighted by Crippen LogP contribution is 2.13. The minimum atomic E-state index is -0.981. The largest absolute Gasteiger partial charge is 0.358 e. The molecule has 0 aromatic heterocycles. The van der Waals surface area contributed by atoms with Gasteiger partial charge in [-0.3, -0.25) is 0 Å². The zero-order valence-corrected chi connectivity index (χ0v) is 18.0. The molecule has 0 saturated heterocycles. The molecule has 0 aliphatic heterocycles. The van der Waals surface area contributed by atoms with Crippen molar-refractivity contribution >= 4 is 17.6 Å². The van der Waals surface area contributed by atoms with Crippen molar-refractivity contribution in [3.63, 3.8) is 0 Å². The molecule has 3 heteroatoms. The van der Waals surface area contributed by atoms with Gasteiger partial charge in [-0.2, -0.15) is 0 Å². The molecule has 0 fully saturated rings. The molecule has 0 aliphatic carbocycles. The van der Waals surface area contributed by atoms with Gasteiger partial charge in [-0.25, -0.2) is 0 Å². The van der Waals surface area contributed by atoms with Crippen LogP contribution in [0.1, 0.15) is 41.5 Å². The first kappa shape index (κ1) is 20.5. The van der Waals surface area contributed by atoms with E-state index in [2.05, 4.69) is 91.4 Å². The first-order valence-corrected chi connectivity index (χ1v) is 14.0. The van der Waals surface area contributed by atoms with Gasteiger partial charge >= 0.3 is 0 Å². The summed E-state index contributed by atoms with van der Waals surface area (Å²) in [5.74, 6) is 13.5. The molecular weight excluding hydrogens is 288 g/mol. The number of hydrogen-bond donors (Lipinski definition) is 0. The van der Waals surface area contributed by atoms with E-state index in [1.165, 1.54) is 0 Å². The number of rotatable bonds is 4. The van der Waals surface area contributed by atoms with Crippen molar-refractivity contribution in [2.24, 2.45) is 10.8 Å². The van der Waals surface area contributed by atoms with Crippen LogP contribution in [0.5, 0.6) is 0 Å². The second-order valence-electron chi connectivity index (χ2n) is 8.50. The lowest BCUT2D eigenvalue weighted by molar-refractivity contribution is 0.138. The zero-order valence-electron chi connectivity index (χ0n) is 15.7. The molecule has 0 spiro atoms. The van der Waals surface area contributed by atoms with Crippen molar-refractivity contribution in [1.82, 2.24) is 0 Å². The highest BCUT2D eigenvalue weighted by atomic mass is 28.3. The van der Waals surface area contributed by atoms with E-state index in [0.717, 1.165) is 0 Å². The van der Waals surface area contributed by atoms with Crippen molar-refractivity contribution in [3.05, 3.63) is 0 Å². The van der Waals surface area contributed by atoms with Gasteiger partial charge in [0.05, 0.1) is 17.6 Å². The maximum absolute atomic E-state index is 6.34. The third kappa shape index (κ3) is 10.8. The second-order valence-corrected chi connectivity index (χ2v) is 14.7. The molecule has 21 heavy (non-hydrogen) atoms. The van der Waals surface area contributed by atoms with Crippen LogP contribution in [-0.4, -0.2) is 29.0 Å². The highest BCUT2D eigenvalue weighted by molar-refractivity contribution is 6.59. The van der Waals surface area contributed by atoms with Crippen molar-refractivity contribution in [1.29, 1.82) is 0 Å². The normalized spacial score (nSPS) is 15.0. The summed E-state index contributed by atoms with van der Waals surface area (Å²) in [6, 6.07) is 0. The Morgan fingerprint density at radius 2 is 0.952 bits per heavy atom. The molecule has 0 aliphatic rings. The second kappa shape index (κ2) is 8.23. The average Bonchev–Trinajstić information content (AvgIpc) is 2.24. The average molecular weight is 323 g/mol. The summed E-state index contributed by atoms with van der Waals surface area (Å²) in [6.45, 7) is 22.1. The van der Waals surface area contributed by atoms with Crippen molar-refractivity contribution in [3.8, 4) is 23.7 Å². The fourth-order valence-corrected chi connectivity index (χ4v) is 3.43. The van der Waals surface area contributed by atoms with E-state index in [-0.39, 0.29) is 22.3 Å². The summed E-state index contributed by atoms with van der Waals surface area (Å²) in [5, 5.41) is 0. The van der Waals surface area contributed by atoms with Gasteiger partial charge in [0, 0.05) is 10.8 Å². The number of ether oxygens (including phenoxy) is 1. The van der Waals surface area contributed by atoms with Crippen molar-refractivity contribution in [2.45, 2.75) is 79.2 Å². The lowest BCUT2D eigenvalue weighted by Gasteiger charge is -2.23. The Kier molecular flexibility index (Phi) is 8.04. The maximum atomic E-state index is 6.34. The predicted molar refractivity (Wildman–Crippen MR) is 101 cm³/mol. The van der Waals surface area contributed by atoms with Gasteiger partial charge in [0.2, 0.25) is 0 Å². The van der Waals surface area contributed by atoms with E-state index >= 15 is 0 Å². The van der Waals surface area contributed by atoms with Crippen molar-refractivity contribution < 1.29 is 4.74 Å². The quantitative estimate of drug-likeness (QED) is 0.563. The Hall–Kier alpha value is -0.486. The Labute approximate surface area is 136 Å². The van der Waals surface area contributed by atoms with Crippen LogP contribution in [0.3, 0.4) is 0 Å². The van der Waals surface area contributed by atoms with Crippen LogP contribution in [0.4, 0.5) is 0 Å². The molecular formula is C18H34OSi2. The predicted octanol–water partition coefficient (Wildman–Crippen LogP) is 3.89. The fraction of sp³-hybridized carbons (Fsp3) is 0.778. The van der Waals surface area contributed by atoms with Crippen LogP contribution in [0.15, 0.2) is 0 Å². The molecule has 0 amide bonds. The molecule has 0 aromatic carbocycles. The van der Waals surface area contributed by atoms with Crippen LogP contribution >= 0.6 is 0 Å². The van der Waals surface area contributed by atoms with Gasteiger partial charge in [-0.05, 0) is 41.5 Å².